The summed E-state index contributed by atoms with van der Waals surface area (Å²) >= 11 is 4.48. The molecule has 0 atom stereocenters. The zero-order valence-electron chi connectivity index (χ0n) is 14.6. The summed E-state index contributed by atoms with van der Waals surface area (Å²) in [4.78, 5) is 29.5. The number of aryl methyl sites for hydroxylation is 2. The fraction of sp³-hybridized carbons (Fsp3) is 0.529. The molecular weight excluding hydrogens is 357 g/mol. The topological polar surface area (TPSA) is 78.7 Å². The molecule has 6 nitrogen and oxygen atoms in total. The minimum atomic E-state index is -3.52. The van der Waals surface area contributed by atoms with Crippen molar-refractivity contribution in [3.05, 3.63) is 29.6 Å². The maximum Gasteiger partial charge on any atom is 0.321 e. The quantitative estimate of drug-likeness (QED) is 0.771. The second-order valence-corrected chi connectivity index (χ2v) is 9.36. The van der Waals surface area contributed by atoms with Crippen molar-refractivity contribution in [1.82, 2.24) is 9.97 Å². The van der Waals surface area contributed by atoms with E-state index in [1.807, 2.05) is 0 Å². The van der Waals surface area contributed by atoms with E-state index in [-0.39, 0.29) is 0 Å². The molecule has 0 bridgehead atoms. The van der Waals surface area contributed by atoms with Crippen LogP contribution < -0.4 is 4.90 Å². The Kier molecular flexibility index (Phi) is 5.71. The van der Waals surface area contributed by atoms with Gasteiger partial charge in [-0.1, -0.05) is 0 Å². The van der Waals surface area contributed by atoms with Crippen LogP contribution in [0.3, 0.4) is 0 Å². The summed E-state index contributed by atoms with van der Waals surface area (Å²) in [7, 11) is 0. The number of anilines is 1. The molecule has 1 aliphatic heterocycles. The highest BCUT2D eigenvalue weighted by Crippen LogP contribution is 2.37. The van der Waals surface area contributed by atoms with E-state index in [9.17, 15) is 0 Å². The van der Waals surface area contributed by atoms with Gasteiger partial charge >= 0.3 is 6.72 Å². The normalized spacial score (nSPS) is 16.6. The van der Waals surface area contributed by atoms with Gasteiger partial charge in [-0.2, -0.15) is 0 Å². The van der Waals surface area contributed by atoms with Crippen LogP contribution in [-0.2, 0) is 16.3 Å². The highest BCUT2D eigenvalue weighted by Gasteiger charge is 2.22. The summed E-state index contributed by atoms with van der Waals surface area (Å²) in [5.74, 6) is 1.51. The molecule has 1 aromatic carbocycles. The standard InChI is InChI=1S/C17H24N3O3PS/c1-12-9-15-16(10-13(12)2)18-11-19-17(15)20-6-3-14(4-7-20)5-8-23-24(21,22)25/h9-11,14H,3-8H2,1-2H3,(H2,21,22,25). The Morgan fingerprint density at radius 1 is 1.20 bits per heavy atom. The van der Waals surface area contributed by atoms with Gasteiger partial charge < -0.3 is 19.2 Å². The number of fused-ring (bicyclic) bond motifs is 1. The molecule has 1 saturated heterocycles. The van der Waals surface area contributed by atoms with Crippen molar-refractivity contribution in [2.75, 3.05) is 24.6 Å². The van der Waals surface area contributed by atoms with Crippen LogP contribution in [0.2, 0.25) is 0 Å². The van der Waals surface area contributed by atoms with Crippen molar-refractivity contribution in [3.8, 4) is 0 Å². The third kappa shape index (κ3) is 4.74. The summed E-state index contributed by atoms with van der Waals surface area (Å²) in [6.07, 6.45) is 4.50. The van der Waals surface area contributed by atoms with Crippen molar-refractivity contribution in [1.29, 1.82) is 0 Å². The van der Waals surface area contributed by atoms with Crippen LogP contribution in [-0.4, -0.2) is 39.5 Å². The Labute approximate surface area is 153 Å². The zero-order valence-corrected chi connectivity index (χ0v) is 16.3. The van der Waals surface area contributed by atoms with Gasteiger partial charge in [0.25, 0.3) is 0 Å². The molecule has 0 spiro atoms. The van der Waals surface area contributed by atoms with E-state index >= 15 is 0 Å². The van der Waals surface area contributed by atoms with Crippen LogP contribution in [0.25, 0.3) is 10.9 Å². The van der Waals surface area contributed by atoms with Gasteiger partial charge in [0, 0.05) is 18.5 Å². The number of benzene rings is 1. The van der Waals surface area contributed by atoms with Gasteiger partial charge in [-0.3, -0.25) is 0 Å². The first-order valence-corrected chi connectivity index (χ1v) is 11.1. The predicted octanol–water partition coefficient (Wildman–Crippen LogP) is 3.08. The Bertz CT molecular complexity index is 803. The monoisotopic (exact) mass is 381 g/mol. The Morgan fingerprint density at radius 3 is 2.56 bits per heavy atom. The van der Waals surface area contributed by atoms with Gasteiger partial charge in [0.1, 0.15) is 12.1 Å². The van der Waals surface area contributed by atoms with E-state index in [0.717, 1.165) is 49.1 Å². The first kappa shape index (κ1) is 18.7. The average molecular weight is 381 g/mol. The molecule has 0 unspecified atom stereocenters. The molecule has 2 aromatic rings. The summed E-state index contributed by atoms with van der Waals surface area (Å²) in [5, 5.41) is 1.11. The van der Waals surface area contributed by atoms with Gasteiger partial charge in [0.2, 0.25) is 0 Å². The lowest BCUT2D eigenvalue weighted by molar-refractivity contribution is 0.221. The van der Waals surface area contributed by atoms with Crippen molar-refractivity contribution in [2.24, 2.45) is 5.92 Å². The maximum atomic E-state index is 9.12. The summed E-state index contributed by atoms with van der Waals surface area (Å²) in [5.41, 5.74) is 3.48. The Balaban J connectivity index is 1.66. The zero-order chi connectivity index (χ0) is 18.0. The molecule has 136 valence electrons. The predicted molar refractivity (Wildman–Crippen MR) is 103 cm³/mol. The molecule has 2 heterocycles. The lowest BCUT2D eigenvalue weighted by atomic mass is 9.93. The second-order valence-electron chi connectivity index (χ2n) is 6.69. The van der Waals surface area contributed by atoms with E-state index in [4.69, 9.17) is 14.3 Å². The smallest absolute Gasteiger partial charge is 0.321 e. The Hall–Kier alpha value is -1.11. The summed E-state index contributed by atoms with van der Waals surface area (Å²) < 4.78 is 4.93. The van der Waals surface area contributed by atoms with E-state index in [2.05, 4.69) is 52.7 Å². The fourth-order valence-electron chi connectivity index (χ4n) is 3.33. The van der Waals surface area contributed by atoms with Gasteiger partial charge in [0.15, 0.2) is 0 Å². The lowest BCUT2D eigenvalue weighted by Gasteiger charge is -2.33. The molecule has 8 heteroatoms. The highest BCUT2D eigenvalue weighted by molar-refractivity contribution is 8.06. The van der Waals surface area contributed by atoms with E-state index in [1.54, 1.807) is 6.33 Å². The molecule has 2 N–H and O–H groups in total. The minimum Gasteiger partial charge on any atom is -0.356 e. The molecule has 1 fully saturated rings. The molecule has 25 heavy (non-hydrogen) atoms. The molecule has 0 saturated carbocycles. The molecule has 0 aliphatic carbocycles. The van der Waals surface area contributed by atoms with Crippen LogP contribution in [0.4, 0.5) is 5.82 Å². The number of rotatable bonds is 5. The molecule has 0 amide bonds. The Morgan fingerprint density at radius 2 is 1.88 bits per heavy atom. The van der Waals surface area contributed by atoms with E-state index in [1.165, 1.54) is 11.1 Å². The fourth-order valence-corrected chi connectivity index (χ4v) is 3.89. The van der Waals surface area contributed by atoms with Gasteiger partial charge in [-0.25, -0.2) is 9.97 Å². The van der Waals surface area contributed by atoms with Crippen LogP contribution in [0.5, 0.6) is 0 Å². The van der Waals surface area contributed by atoms with Crippen molar-refractivity contribution in [3.63, 3.8) is 0 Å². The van der Waals surface area contributed by atoms with Crippen LogP contribution in [0, 0.1) is 19.8 Å². The molecule has 1 aromatic heterocycles. The molecular formula is C17H24N3O3PS. The average Bonchev–Trinajstić information content (AvgIpc) is 2.55. The van der Waals surface area contributed by atoms with Crippen molar-refractivity contribution < 1.29 is 14.3 Å². The van der Waals surface area contributed by atoms with Crippen LogP contribution in [0.1, 0.15) is 30.4 Å². The van der Waals surface area contributed by atoms with E-state index < -0.39 is 6.72 Å². The van der Waals surface area contributed by atoms with Gasteiger partial charge in [-0.05, 0) is 74.1 Å². The number of aromatic nitrogens is 2. The largest absolute Gasteiger partial charge is 0.356 e. The number of hydrogen-bond donors (Lipinski definition) is 2. The van der Waals surface area contributed by atoms with Crippen molar-refractivity contribution in [2.45, 2.75) is 33.1 Å². The summed E-state index contributed by atoms with van der Waals surface area (Å²) in [6, 6.07) is 4.29. The first-order chi connectivity index (χ1) is 11.8. The summed E-state index contributed by atoms with van der Waals surface area (Å²) in [6.45, 7) is 2.85. The maximum absolute atomic E-state index is 9.12. The van der Waals surface area contributed by atoms with Gasteiger partial charge in [-0.15, -0.1) is 0 Å². The SMILES string of the molecule is Cc1cc2ncnc(N3CCC(CCOP(O)(O)=S)CC3)c2cc1C. The number of nitrogens with zero attached hydrogens (tertiary/aromatic N) is 3. The molecule has 3 rings (SSSR count). The van der Waals surface area contributed by atoms with Crippen molar-refractivity contribution >= 4 is 35.2 Å². The van der Waals surface area contributed by atoms with Crippen LogP contribution >= 0.6 is 6.72 Å². The minimum absolute atomic E-state index is 0.309. The van der Waals surface area contributed by atoms with E-state index in [0.29, 0.717) is 12.5 Å². The second kappa shape index (κ2) is 7.64. The lowest BCUT2D eigenvalue weighted by Crippen LogP contribution is -2.34. The third-order valence-electron chi connectivity index (χ3n) is 4.93. The van der Waals surface area contributed by atoms with Gasteiger partial charge in [0.05, 0.1) is 12.1 Å². The number of piperidine rings is 1. The number of hydrogen-bond acceptors (Lipinski definition) is 5. The third-order valence-corrected chi connectivity index (χ3v) is 5.76. The molecule has 1 aliphatic rings. The van der Waals surface area contributed by atoms with Crippen LogP contribution in [0.15, 0.2) is 18.5 Å². The highest BCUT2D eigenvalue weighted by atomic mass is 32.5. The molecule has 0 radical (unpaired) electrons. The first-order valence-electron chi connectivity index (χ1n) is 8.50.